The molecule has 0 bridgehead atoms. The van der Waals surface area contributed by atoms with E-state index in [1.54, 1.807) is 6.20 Å². The molecule has 1 spiro atoms. The summed E-state index contributed by atoms with van der Waals surface area (Å²) in [5, 5.41) is 11.0. The number of hydrogen-bond donors (Lipinski definition) is 1. The number of pyridine rings is 1. The molecule has 2 saturated carbocycles. The van der Waals surface area contributed by atoms with Crippen LogP contribution in [0.15, 0.2) is 18.5 Å². The molecule has 1 aromatic heterocycles. The molecule has 0 saturated heterocycles. The first-order valence-electron chi connectivity index (χ1n) is 8.47. The third-order valence-corrected chi connectivity index (χ3v) is 5.53. The molecule has 2 aliphatic carbocycles. The highest BCUT2D eigenvalue weighted by Gasteiger charge is 2.43. The van der Waals surface area contributed by atoms with Gasteiger partial charge in [-0.15, -0.1) is 0 Å². The summed E-state index contributed by atoms with van der Waals surface area (Å²) < 4.78 is 5.65. The third kappa shape index (κ3) is 3.08. The van der Waals surface area contributed by atoms with Crippen molar-refractivity contribution in [2.75, 3.05) is 6.61 Å². The molecule has 116 valence electrons. The highest BCUT2D eigenvalue weighted by molar-refractivity contribution is 5.28. The molecule has 2 fully saturated rings. The maximum Gasteiger partial charge on any atom is 0.137 e. The van der Waals surface area contributed by atoms with E-state index in [0.717, 1.165) is 43.4 Å². The lowest BCUT2D eigenvalue weighted by Gasteiger charge is -2.42. The number of nitrogens with zero attached hydrogens (tertiary/aromatic N) is 1. The molecule has 0 atom stereocenters. The maximum absolute atomic E-state index is 11.0. The van der Waals surface area contributed by atoms with Crippen LogP contribution in [0.1, 0.15) is 70.3 Å². The largest absolute Gasteiger partial charge is 0.492 e. The summed E-state index contributed by atoms with van der Waals surface area (Å²) in [7, 11) is 0. The Bertz CT molecular complexity index is 470. The Morgan fingerprint density at radius 3 is 2.48 bits per heavy atom. The Hall–Kier alpha value is -1.09. The first-order chi connectivity index (χ1) is 10.2. The van der Waals surface area contributed by atoms with Gasteiger partial charge in [-0.05, 0) is 56.4 Å². The molecule has 0 aliphatic heterocycles. The molecule has 0 amide bonds. The molecule has 0 aromatic carbocycles. The van der Waals surface area contributed by atoms with Crippen LogP contribution in [0.3, 0.4) is 0 Å². The van der Waals surface area contributed by atoms with Gasteiger partial charge < -0.3 is 9.84 Å². The molecule has 21 heavy (non-hydrogen) atoms. The Balaban J connectivity index is 1.71. The molecule has 0 radical (unpaired) electrons. The van der Waals surface area contributed by atoms with Crippen molar-refractivity contribution in [1.82, 2.24) is 4.98 Å². The maximum atomic E-state index is 11.0. The van der Waals surface area contributed by atoms with E-state index in [1.165, 1.54) is 25.7 Å². The molecule has 3 heteroatoms. The standard InChI is InChI=1S/C18H27NO2/c1-2-11-21-16-12-15(13-19-14-16)18(20)9-7-17(8-10-18)5-3-4-6-17/h12-14,20H,2-11H2,1H3. The van der Waals surface area contributed by atoms with E-state index in [4.69, 9.17) is 4.74 Å². The summed E-state index contributed by atoms with van der Waals surface area (Å²) in [6, 6.07) is 1.98. The lowest BCUT2D eigenvalue weighted by Crippen LogP contribution is -2.36. The van der Waals surface area contributed by atoms with Gasteiger partial charge in [0.15, 0.2) is 0 Å². The zero-order valence-corrected chi connectivity index (χ0v) is 13.1. The summed E-state index contributed by atoms with van der Waals surface area (Å²) in [5.41, 5.74) is 0.770. The minimum absolute atomic E-state index is 0.538. The zero-order valence-electron chi connectivity index (χ0n) is 13.1. The molecular weight excluding hydrogens is 262 g/mol. The van der Waals surface area contributed by atoms with Crippen LogP contribution < -0.4 is 4.74 Å². The molecule has 2 aliphatic rings. The first-order valence-corrected chi connectivity index (χ1v) is 8.47. The number of aromatic nitrogens is 1. The summed E-state index contributed by atoms with van der Waals surface area (Å²) >= 11 is 0. The first kappa shape index (κ1) is 14.8. The van der Waals surface area contributed by atoms with Crippen LogP contribution in [-0.2, 0) is 5.60 Å². The molecule has 1 aromatic rings. The lowest BCUT2D eigenvalue weighted by atomic mass is 9.66. The monoisotopic (exact) mass is 289 g/mol. The molecule has 0 unspecified atom stereocenters. The van der Waals surface area contributed by atoms with Gasteiger partial charge in [0.1, 0.15) is 5.75 Å². The SMILES string of the molecule is CCCOc1cncc(C2(O)CCC3(CCCC3)CC2)c1. The second-order valence-electron chi connectivity index (χ2n) is 7.00. The fraction of sp³-hybridized carbons (Fsp3) is 0.722. The van der Waals surface area contributed by atoms with Gasteiger partial charge in [0, 0.05) is 11.8 Å². The van der Waals surface area contributed by atoms with Gasteiger partial charge in [0.05, 0.1) is 18.4 Å². The third-order valence-electron chi connectivity index (χ3n) is 5.53. The number of ether oxygens (including phenoxy) is 1. The van der Waals surface area contributed by atoms with Gasteiger partial charge >= 0.3 is 0 Å². The van der Waals surface area contributed by atoms with Crippen LogP contribution in [0.25, 0.3) is 0 Å². The van der Waals surface area contributed by atoms with Gasteiger partial charge in [-0.25, -0.2) is 0 Å². The second kappa shape index (κ2) is 5.96. The second-order valence-corrected chi connectivity index (χ2v) is 7.00. The van der Waals surface area contributed by atoms with Gasteiger partial charge in [-0.2, -0.15) is 0 Å². The van der Waals surface area contributed by atoms with Gasteiger partial charge in [0.2, 0.25) is 0 Å². The van der Waals surface area contributed by atoms with Crippen LogP contribution in [0, 0.1) is 5.41 Å². The predicted molar refractivity (Wildman–Crippen MR) is 83.3 cm³/mol. The Morgan fingerprint density at radius 1 is 1.10 bits per heavy atom. The van der Waals surface area contributed by atoms with E-state index in [0.29, 0.717) is 12.0 Å². The molecular formula is C18H27NO2. The van der Waals surface area contributed by atoms with Crippen LogP contribution in [0.2, 0.25) is 0 Å². The van der Waals surface area contributed by atoms with Crippen molar-refractivity contribution in [1.29, 1.82) is 0 Å². The molecule has 3 rings (SSSR count). The normalized spacial score (nSPS) is 23.3. The quantitative estimate of drug-likeness (QED) is 0.903. The van der Waals surface area contributed by atoms with E-state index in [9.17, 15) is 5.11 Å². The number of rotatable bonds is 4. The number of hydrogen-bond acceptors (Lipinski definition) is 3. The zero-order chi connectivity index (χ0) is 14.8. The fourth-order valence-electron chi connectivity index (χ4n) is 4.08. The average Bonchev–Trinajstić information content (AvgIpc) is 2.98. The van der Waals surface area contributed by atoms with Crippen LogP contribution in [0.5, 0.6) is 5.75 Å². The minimum Gasteiger partial charge on any atom is -0.492 e. The smallest absolute Gasteiger partial charge is 0.137 e. The van der Waals surface area contributed by atoms with Gasteiger partial charge in [0.25, 0.3) is 0 Å². The van der Waals surface area contributed by atoms with E-state index < -0.39 is 5.60 Å². The van der Waals surface area contributed by atoms with Crippen molar-refractivity contribution in [3.8, 4) is 5.75 Å². The Morgan fingerprint density at radius 2 is 1.81 bits per heavy atom. The molecule has 1 heterocycles. The van der Waals surface area contributed by atoms with Crippen molar-refractivity contribution in [2.24, 2.45) is 5.41 Å². The van der Waals surface area contributed by atoms with Crippen molar-refractivity contribution in [3.63, 3.8) is 0 Å². The van der Waals surface area contributed by atoms with Crippen LogP contribution in [0.4, 0.5) is 0 Å². The van der Waals surface area contributed by atoms with Crippen LogP contribution >= 0.6 is 0 Å². The highest BCUT2D eigenvalue weighted by atomic mass is 16.5. The Labute approximate surface area is 127 Å². The summed E-state index contributed by atoms with van der Waals surface area (Å²) in [6.45, 7) is 2.79. The van der Waals surface area contributed by atoms with E-state index in [2.05, 4.69) is 11.9 Å². The van der Waals surface area contributed by atoms with E-state index in [1.807, 2.05) is 12.3 Å². The summed E-state index contributed by atoms with van der Waals surface area (Å²) in [5.74, 6) is 0.781. The molecule has 1 N–H and O–H groups in total. The average molecular weight is 289 g/mol. The van der Waals surface area contributed by atoms with Crippen molar-refractivity contribution < 1.29 is 9.84 Å². The van der Waals surface area contributed by atoms with E-state index in [-0.39, 0.29) is 0 Å². The van der Waals surface area contributed by atoms with Crippen molar-refractivity contribution >= 4 is 0 Å². The highest BCUT2D eigenvalue weighted by Crippen LogP contribution is 2.53. The van der Waals surface area contributed by atoms with Gasteiger partial charge in [-0.3, -0.25) is 4.98 Å². The summed E-state index contributed by atoms with van der Waals surface area (Å²) in [6.07, 6.45) is 14.1. The fourth-order valence-corrected chi connectivity index (χ4v) is 4.08. The van der Waals surface area contributed by atoms with E-state index >= 15 is 0 Å². The molecule has 3 nitrogen and oxygen atoms in total. The minimum atomic E-state index is -0.702. The van der Waals surface area contributed by atoms with Crippen LogP contribution in [-0.4, -0.2) is 16.7 Å². The number of aliphatic hydroxyl groups is 1. The lowest BCUT2D eigenvalue weighted by molar-refractivity contribution is -0.0380. The Kier molecular flexibility index (Phi) is 4.21. The summed E-state index contributed by atoms with van der Waals surface area (Å²) in [4.78, 5) is 4.26. The predicted octanol–water partition coefficient (Wildman–Crippen LogP) is 4.19. The van der Waals surface area contributed by atoms with Crippen molar-refractivity contribution in [3.05, 3.63) is 24.0 Å². The topological polar surface area (TPSA) is 42.4 Å². The van der Waals surface area contributed by atoms with Gasteiger partial charge in [-0.1, -0.05) is 19.8 Å². The van der Waals surface area contributed by atoms with Crippen molar-refractivity contribution in [2.45, 2.75) is 70.3 Å².